The summed E-state index contributed by atoms with van der Waals surface area (Å²) in [6.07, 6.45) is 3.30. The maximum Gasteiger partial charge on any atom is 0.308 e. The van der Waals surface area contributed by atoms with Crippen LogP contribution in [0.25, 0.3) is 0 Å². The van der Waals surface area contributed by atoms with Crippen molar-refractivity contribution >= 4 is 68.1 Å². The first kappa shape index (κ1) is 25.7. The van der Waals surface area contributed by atoms with Crippen LogP contribution in [0.2, 0.25) is 0 Å². The average molecular weight is 622 g/mol. The molecule has 0 aliphatic carbocycles. The van der Waals surface area contributed by atoms with Gasteiger partial charge >= 0.3 is 4.87 Å². The Labute approximate surface area is 240 Å². The van der Waals surface area contributed by atoms with Crippen LogP contribution in [0.1, 0.15) is 21.9 Å². The molecule has 4 heterocycles. The number of halogens is 1. The van der Waals surface area contributed by atoms with Crippen LogP contribution in [0.3, 0.4) is 0 Å². The zero-order valence-corrected chi connectivity index (χ0v) is 23.8. The molecule has 11 heteroatoms. The number of nitrogens with one attached hydrogen (secondary N) is 1. The van der Waals surface area contributed by atoms with Gasteiger partial charge in [0.2, 0.25) is 17.7 Å². The van der Waals surface area contributed by atoms with E-state index in [9.17, 15) is 19.2 Å². The van der Waals surface area contributed by atoms with Gasteiger partial charge in [-0.3, -0.25) is 28.7 Å². The molecule has 39 heavy (non-hydrogen) atoms. The van der Waals surface area contributed by atoms with Gasteiger partial charge in [-0.2, -0.15) is 0 Å². The Morgan fingerprint density at radius 3 is 2.56 bits per heavy atom. The number of benzene rings is 2. The van der Waals surface area contributed by atoms with Gasteiger partial charge in [-0.05, 0) is 60.5 Å². The Kier molecular flexibility index (Phi) is 6.74. The Balaban J connectivity index is 1.40. The van der Waals surface area contributed by atoms with Gasteiger partial charge in [0, 0.05) is 33.3 Å². The zero-order valence-electron chi connectivity index (χ0n) is 20.5. The van der Waals surface area contributed by atoms with Gasteiger partial charge in [0.25, 0.3) is 0 Å². The molecule has 0 bridgehead atoms. The van der Waals surface area contributed by atoms with Crippen LogP contribution < -0.4 is 15.1 Å². The smallest absolute Gasteiger partial charge is 0.308 e. The van der Waals surface area contributed by atoms with Gasteiger partial charge in [-0.25, -0.2) is 4.90 Å². The number of thiazole rings is 1. The van der Waals surface area contributed by atoms with E-state index < -0.39 is 17.1 Å². The fourth-order valence-corrected chi connectivity index (χ4v) is 8.12. The molecule has 4 aromatic rings. The highest BCUT2D eigenvalue weighted by atomic mass is 79.9. The van der Waals surface area contributed by atoms with Crippen molar-refractivity contribution in [2.45, 2.75) is 29.7 Å². The number of hydrogen-bond acceptors (Lipinski definition) is 7. The van der Waals surface area contributed by atoms with E-state index in [1.807, 2.05) is 31.2 Å². The van der Waals surface area contributed by atoms with Crippen molar-refractivity contribution in [3.63, 3.8) is 0 Å². The molecule has 1 saturated heterocycles. The molecule has 2 aliphatic heterocycles. The Hall–Kier alpha value is -3.54. The number of rotatable bonds is 5. The normalized spacial score (nSPS) is 20.1. The van der Waals surface area contributed by atoms with Crippen molar-refractivity contribution in [3.05, 3.63) is 103 Å². The predicted octanol–water partition coefficient (Wildman–Crippen LogP) is 4.81. The minimum absolute atomic E-state index is 0.207. The average Bonchev–Trinajstić information content (AvgIpc) is 3.36. The molecule has 196 valence electrons. The second kappa shape index (κ2) is 10.2. The fourth-order valence-electron chi connectivity index (χ4n) is 5.09. The molecule has 3 atom stereocenters. The third kappa shape index (κ3) is 4.64. The third-order valence-electron chi connectivity index (χ3n) is 6.78. The molecule has 6 rings (SSSR count). The number of hydrogen-bond donors (Lipinski definition) is 1. The van der Waals surface area contributed by atoms with Crippen LogP contribution in [0, 0.1) is 12.8 Å². The Morgan fingerprint density at radius 2 is 1.85 bits per heavy atom. The summed E-state index contributed by atoms with van der Waals surface area (Å²) < 4.78 is 2.25. The number of carbonyl (C=O) groups is 3. The molecule has 1 N–H and O–H groups in total. The number of fused-ring (bicyclic) bond motifs is 2. The summed E-state index contributed by atoms with van der Waals surface area (Å²) in [4.78, 5) is 59.6. The highest BCUT2D eigenvalue weighted by molar-refractivity contribution is 9.10. The van der Waals surface area contributed by atoms with Crippen LogP contribution in [0.15, 0.2) is 87.4 Å². The van der Waals surface area contributed by atoms with Gasteiger partial charge in [-0.15, -0.1) is 0 Å². The van der Waals surface area contributed by atoms with Gasteiger partial charge in [0.05, 0.1) is 16.6 Å². The molecule has 0 radical (unpaired) electrons. The summed E-state index contributed by atoms with van der Waals surface area (Å²) in [6, 6.07) is 18.0. The van der Waals surface area contributed by atoms with E-state index in [0.29, 0.717) is 21.3 Å². The van der Waals surface area contributed by atoms with Crippen LogP contribution in [-0.2, 0) is 20.9 Å². The molecule has 2 aromatic heterocycles. The number of imide groups is 1. The van der Waals surface area contributed by atoms with Crippen molar-refractivity contribution in [3.8, 4) is 0 Å². The van der Waals surface area contributed by atoms with Crippen molar-refractivity contribution in [2.75, 3.05) is 10.2 Å². The van der Waals surface area contributed by atoms with E-state index in [-0.39, 0.29) is 29.1 Å². The van der Waals surface area contributed by atoms with E-state index >= 15 is 0 Å². The zero-order chi connectivity index (χ0) is 27.3. The Morgan fingerprint density at radius 1 is 1.05 bits per heavy atom. The van der Waals surface area contributed by atoms with Crippen LogP contribution in [-0.4, -0.2) is 32.5 Å². The largest absolute Gasteiger partial charge is 0.325 e. The molecule has 3 amide bonds. The van der Waals surface area contributed by atoms with Crippen LogP contribution in [0.4, 0.5) is 11.4 Å². The van der Waals surface area contributed by atoms with Gasteiger partial charge in [0.15, 0.2) is 0 Å². The van der Waals surface area contributed by atoms with E-state index in [0.717, 1.165) is 26.9 Å². The molecule has 8 nitrogen and oxygen atoms in total. The van der Waals surface area contributed by atoms with E-state index in [4.69, 9.17) is 0 Å². The maximum atomic E-state index is 13.8. The SMILES string of the molecule is Cc1cccc(NC(=O)Cn2c3c(sc2=O)[C@H](c2cccnc2)C2C(=O)N(c4ccc(Br)cc4)C(=O)C2S3)c1. The first-order valence-electron chi connectivity index (χ1n) is 12.1. The summed E-state index contributed by atoms with van der Waals surface area (Å²) in [5.74, 6) is -2.27. The third-order valence-corrected chi connectivity index (χ3v) is 9.91. The monoisotopic (exact) mass is 620 g/mol. The minimum atomic E-state index is -0.751. The van der Waals surface area contributed by atoms with E-state index in [2.05, 4.69) is 26.2 Å². The fraction of sp³-hybridized carbons (Fsp3) is 0.179. The number of amides is 3. The second-order valence-electron chi connectivity index (χ2n) is 9.36. The molecule has 2 aliphatic rings. The quantitative estimate of drug-likeness (QED) is 0.321. The lowest BCUT2D eigenvalue weighted by Crippen LogP contribution is -2.33. The number of anilines is 2. The van der Waals surface area contributed by atoms with Crippen molar-refractivity contribution < 1.29 is 14.4 Å². The van der Waals surface area contributed by atoms with Crippen molar-refractivity contribution in [1.82, 2.24) is 9.55 Å². The van der Waals surface area contributed by atoms with Crippen LogP contribution in [0.5, 0.6) is 0 Å². The summed E-state index contributed by atoms with van der Waals surface area (Å²) in [5, 5.41) is 2.64. The molecule has 2 unspecified atom stereocenters. The topological polar surface area (TPSA) is 101 Å². The van der Waals surface area contributed by atoms with Crippen molar-refractivity contribution in [2.24, 2.45) is 5.92 Å². The molecular formula is C28H21BrN4O4S2. The number of carbonyl (C=O) groups excluding carboxylic acids is 3. The molecule has 2 aromatic carbocycles. The van der Waals surface area contributed by atoms with Crippen LogP contribution >= 0.6 is 39.0 Å². The first-order chi connectivity index (χ1) is 18.8. The Bertz CT molecular complexity index is 1670. The lowest BCUT2D eigenvalue weighted by Gasteiger charge is -2.30. The predicted molar refractivity (Wildman–Crippen MR) is 154 cm³/mol. The van der Waals surface area contributed by atoms with Gasteiger partial charge in [-0.1, -0.05) is 57.2 Å². The molecule has 0 saturated carbocycles. The minimum Gasteiger partial charge on any atom is -0.325 e. The number of nitrogens with zero attached hydrogens (tertiary/aromatic N) is 3. The van der Waals surface area contributed by atoms with E-state index in [1.165, 1.54) is 21.2 Å². The number of pyridine rings is 1. The number of aromatic nitrogens is 2. The maximum absolute atomic E-state index is 13.8. The van der Waals surface area contributed by atoms with Crippen molar-refractivity contribution in [1.29, 1.82) is 0 Å². The lowest BCUT2D eigenvalue weighted by molar-refractivity contribution is -0.122. The first-order valence-corrected chi connectivity index (χ1v) is 14.6. The highest BCUT2D eigenvalue weighted by Gasteiger charge is 2.56. The second-order valence-corrected chi connectivity index (χ2v) is 12.4. The molecular weight excluding hydrogens is 600 g/mol. The summed E-state index contributed by atoms with van der Waals surface area (Å²) >= 11 is 5.60. The van der Waals surface area contributed by atoms with Gasteiger partial charge < -0.3 is 5.32 Å². The molecule has 1 fully saturated rings. The molecule has 0 spiro atoms. The standard InChI is InChI=1S/C28H21BrN4O4S2/c1-15-4-2-6-18(12-15)31-20(34)14-32-27-24(39-28(32)37)21(16-5-3-11-30-13-16)22-23(38-27)26(36)33(25(22)35)19-9-7-17(29)8-10-19/h2-13,21-23H,14H2,1H3,(H,31,34)/t21-,22?,23?/m1/s1. The summed E-state index contributed by atoms with van der Waals surface area (Å²) in [6.45, 7) is 1.72. The number of aryl methyl sites for hydroxylation is 1. The summed E-state index contributed by atoms with van der Waals surface area (Å²) in [5.41, 5.74) is 2.87. The van der Waals surface area contributed by atoms with Gasteiger partial charge in [0.1, 0.15) is 11.8 Å². The lowest BCUT2D eigenvalue weighted by atomic mass is 9.84. The van der Waals surface area contributed by atoms with E-state index in [1.54, 1.807) is 48.8 Å². The summed E-state index contributed by atoms with van der Waals surface area (Å²) in [7, 11) is 0. The highest BCUT2D eigenvalue weighted by Crippen LogP contribution is 2.53. The number of thioether (sulfide) groups is 1.